The molecule has 1 saturated carbocycles. The molecular weight excluding hydrogens is 212 g/mol. The Morgan fingerprint density at radius 2 is 2.18 bits per heavy atom. The minimum absolute atomic E-state index is 0.118. The van der Waals surface area contributed by atoms with Gasteiger partial charge in [-0.15, -0.1) is 0 Å². The maximum absolute atomic E-state index is 9.44. The lowest BCUT2D eigenvalue weighted by Gasteiger charge is -2.43. The second-order valence-corrected chi connectivity index (χ2v) is 5.99. The number of aliphatic hydroxyl groups excluding tert-OH is 1. The van der Waals surface area contributed by atoms with Crippen LogP contribution in [0.25, 0.3) is 0 Å². The summed E-state index contributed by atoms with van der Waals surface area (Å²) in [5.41, 5.74) is 6.13. The molecule has 1 aliphatic carbocycles. The van der Waals surface area contributed by atoms with Gasteiger partial charge in [-0.25, -0.2) is 0 Å². The van der Waals surface area contributed by atoms with Crippen LogP contribution in [0.4, 0.5) is 0 Å². The van der Waals surface area contributed by atoms with Crippen LogP contribution in [-0.2, 0) is 0 Å². The summed E-state index contributed by atoms with van der Waals surface area (Å²) in [6, 6.07) is 0.342. The Kier molecular flexibility index (Phi) is 5.90. The predicted molar refractivity (Wildman–Crippen MR) is 72.9 cm³/mol. The van der Waals surface area contributed by atoms with Crippen molar-refractivity contribution in [3.05, 3.63) is 0 Å². The van der Waals surface area contributed by atoms with Crippen molar-refractivity contribution < 1.29 is 5.11 Å². The molecule has 0 heterocycles. The van der Waals surface area contributed by atoms with Crippen molar-refractivity contribution in [1.29, 1.82) is 0 Å². The lowest BCUT2D eigenvalue weighted by Crippen LogP contribution is -2.57. The molecule has 1 fully saturated rings. The molecule has 1 aliphatic rings. The van der Waals surface area contributed by atoms with E-state index in [1.54, 1.807) is 0 Å². The van der Waals surface area contributed by atoms with Crippen molar-refractivity contribution in [3.63, 3.8) is 0 Å². The molecule has 4 atom stereocenters. The van der Waals surface area contributed by atoms with Crippen molar-refractivity contribution >= 4 is 0 Å². The van der Waals surface area contributed by atoms with Crippen LogP contribution < -0.4 is 11.1 Å². The Balaban J connectivity index is 2.55. The molecule has 0 aromatic heterocycles. The maximum Gasteiger partial charge on any atom is 0.0526 e. The summed E-state index contributed by atoms with van der Waals surface area (Å²) in [5.74, 6) is 0.818. The van der Waals surface area contributed by atoms with Crippen LogP contribution >= 0.6 is 0 Å². The van der Waals surface area contributed by atoms with Crippen molar-refractivity contribution in [3.8, 4) is 0 Å². The zero-order chi connectivity index (χ0) is 12.9. The Hall–Kier alpha value is -0.120. The van der Waals surface area contributed by atoms with E-state index in [0.717, 1.165) is 12.3 Å². The lowest BCUT2D eigenvalue weighted by molar-refractivity contribution is 0.132. The number of hydrogen-bond acceptors (Lipinski definition) is 3. The summed E-state index contributed by atoms with van der Waals surface area (Å²) in [6.07, 6.45) is 6.84. The van der Waals surface area contributed by atoms with Crippen LogP contribution in [0.15, 0.2) is 0 Å². The molecule has 17 heavy (non-hydrogen) atoms. The third-order valence-corrected chi connectivity index (χ3v) is 4.16. The fourth-order valence-corrected chi connectivity index (χ4v) is 3.30. The van der Waals surface area contributed by atoms with Gasteiger partial charge in [-0.2, -0.15) is 0 Å². The van der Waals surface area contributed by atoms with Gasteiger partial charge in [0.25, 0.3) is 0 Å². The van der Waals surface area contributed by atoms with Crippen molar-refractivity contribution in [1.82, 2.24) is 5.32 Å². The van der Waals surface area contributed by atoms with E-state index in [4.69, 9.17) is 5.73 Å². The zero-order valence-electron chi connectivity index (χ0n) is 11.7. The van der Waals surface area contributed by atoms with E-state index in [1.165, 1.54) is 32.1 Å². The first-order chi connectivity index (χ1) is 8.01. The van der Waals surface area contributed by atoms with Gasteiger partial charge in [0.2, 0.25) is 0 Å². The second-order valence-electron chi connectivity index (χ2n) is 5.99. The van der Waals surface area contributed by atoms with Crippen LogP contribution in [0.5, 0.6) is 0 Å². The summed E-state index contributed by atoms with van der Waals surface area (Å²) in [7, 11) is 0. The molecule has 102 valence electrons. The molecule has 0 aliphatic heterocycles. The summed E-state index contributed by atoms with van der Waals surface area (Å²) in [5, 5.41) is 13.1. The molecule has 3 heteroatoms. The third kappa shape index (κ3) is 4.57. The molecule has 0 saturated heterocycles. The normalized spacial score (nSPS) is 33.4. The number of nitrogens with two attached hydrogens (primary N) is 1. The van der Waals surface area contributed by atoms with Crippen molar-refractivity contribution in [2.75, 3.05) is 6.54 Å². The van der Waals surface area contributed by atoms with Gasteiger partial charge in [0.15, 0.2) is 0 Å². The highest BCUT2D eigenvalue weighted by molar-refractivity contribution is 4.95. The highest BCUT2D eigenvalue weighted by atomic mass is 16.3. The van der Waals surface area contributed by atoms with Crippen molar-refractivity contribution in [2.24, 2.45) is 11.7 Å². The van der Waals surface area contributed by atoms with Crippen LogP contribution in [0.1, 0.15) is 59.3 Å². The summed E-state index contributed by atoms with van der Waals surface area (Å²) < 4.78 is 0. The molecule has 3 nitrogen and oxygen atoms in total. The number of nitrogens with one attached hydrogen (secondary N) is 1. The monoisotopic (exact) mass is 242 g/mol. The first-order valence-electron chi connectivity index (χ1n) is 7.17. The molecule has 0 bridgehead atoms. The molecule has 0 aromatic carbocycles. The highest BCUT2D eigenvalue weighted by Gasteiger charge is 2.35. The van der Waals surface area contributed by atoms with Gasteiger partial charge in [-0.1, -0.05) is 26.2 Å². The SMILES string of the molecule is CCC1CCCC(CN)(NC(C)CC(C)O)C1. The van der Waals surface area contributed by atoms with E-state index in [9.17, 15) is 5.11 Å². The summed E-state index contributed by atoms with van der Waals surface area (Å²) >= 11 is 0. The smallest absolute Gasteiger partial charge is 0.0526 e. The summed E-state index contributed by atoms with van der Waals surface area (Å²) in [6.45, 7) is 6.99. The van der Waals surface area contributed by atoms with E-state index in [-0.39, 0.29) is 11.6 Å². The highest BCUT2D eigenvalue weighted by Crippen LogP contribution is 2.34. The van der Waals surface area contributed by atoms with E-state index in [2.05, 4.69) is 19.2 Å². The average Bonchev–Trinajstić information content (AvgIpc) is 2.28. The van der Waals surface area contributed by atoms with Crippen LogP contribution in [0, 0.1) is 5.92 Å². The third-order valence-electron chi connectivity index (χ3n) is 4.16. The average molecular weight is 242 g/mol. The van der Waals surface area contributed by atoms with E-state index < -0.39 is 0 Å². The first kappa shape index (κ1) is 14.9. The second kappa shape index (κ2) is 6.72. The van der Waals surface area contributed by atoms with E-state index in [1.807, 2.05) is 6.92 Å². The number of hydrogen-bond donors (Lipinski definition) is 3. The standard InChI is InChI=1S/C14H30N2O/c1-4-13-6-5-7-14(9-13,10-15)16-11(2)8-12(3)17/h11-13,16-17H,4-10,15H2,1-3H3. The van der Waals surface area contributed by atoms with Gasteiger partial charge < -0.3 is 16.2 Å². The molecule has 0 aromatic rings. The number of rotatable bonds is 6. The molecule has 0 spiro atoms. The topological polar surface area (TPSA) is 58.3 Å². The molecule has 0 amide bonds. The maximum atomic E-state index is 9.44. The van der Waals surface area contributed by atoms with Gasteiger partial charge >= 0.3 is 0 Å². The largest absolute Gasteiger partial charge is 0.393 e. The Bertz CT molecular complexity index is 220. The van der Waals surface area contributed by atoms with E-state index >= 15 is 0 Å². The molecular formula is C14H30N2O. The number of aliphatic hydroxyl groups is 1. The molecule has 4 unspecified atom stereocenters. The van der Waals surface area contributed by atoms with Crippen LogP contribution in [0.2, 0.25) is 0 Å². The quantitative estimate of drug-likeness (QED) is 0.668. The molecule has 0 radical (unpaired) electrons. The minimum atomic E-state index is -0.238. The van der Waals surface area contributed by atoms with Gasteiger partial charge in [0.1, 0.15) is 0 Å². The first-order valence-corrected chi connectivity index (χ1v) is 7.17. The Labute approximate surface area is 106 Å². The van der Waals surface area contributed by atoms with Crippen LogP contribution in [-0.4, -0.2) is 29.3 Å². The Morgan fingerprint density at radius 3 is 2.71 bits per heavy atom. The van der Waals surface area contributed by atoms with Gasteiger partial charge in [-0.3, -0.25) is 0 Å². The fraction of sp³-hybridized carbons (Fsp3) is 1.00. The van der Waals surface area contributed by atoms with Crippen LogP contribution in [0.3, 0.4) is 0 Å². The van der Waals surface area contributed by atoms with Gasteiger partial charge in [0, 0.05) is 18.1 Å². The molecule has 1 rings (SSSR count). The Morgan fingerprint density at radius 1 is 1.47 bits per heavy atom. The van der Waals surface area contributed by atoms with Gasteiger partial charge in [-0.05, 0) is 39.0 Å². The minimum Gasteiger partial charge on any atom is -0.393 e. The van der Waals surface area contributed by atoms with E-state index in [0.29, 0.717) is 12.6 Å². The van der Waals surface area contributed by atoms with Gasteiger partial charge in [0.05, 0.1) is 6.10 Å². The lowest BCUT2D eigenvalue weighted by atomic mass is 9.74. The van der Waals surface area contributed by atoms with Crippen molar-refractivity contribution in [2.45, 2.75) is 77.0 Å². The zero-order valence-corrected chi connectivity index (χ0v) is 11.7. The molecule has 4 N–H and O–H groups in total. The fourth-order valence-electron chi connectivity index (χ4n) is 3.30. The summed E-state index contributed by atoms with van der Waals surface area (Å²) in [4.78, 5) is 0. The predicted octanol–water partition coefficient (Wildman–Crippen LogP) is 2.03.